The Morgan fingerprint density at radius 2 is 2.00 bits per heavy atom. The predicted molar refractivity (Wildman–Crippen MR) is 63.4 cm³/mol. The molecular formula is C13H16F3NO. The van der Waals surface area contributed by atoms with Crippen LogP contribution in [-0.4, -0.2) is 24.3 Å². The van der Waals surface area contributed by atoms with Gasteiger partial charge in [0.05, 0.1) is 18.2 Å². The molecule has 0 aliphatic carbocycles. The smallest absolute Gasteiger partial charge is 0.394 e. The topological polar surface area (TPSA) is 23.5 Å². The van der Waals surface area contributed by atoms with Crippen LogP contribution in [-0.2, 0) is 6.18 Å². The van der Waals surface area contributed by atoms with Crippen molar-refractivity contribution >= 4 is 5.69 Å². The average Bonchev–Trinajstić information content (AvgIpc) is 2.69. The van der Waals surface area contributed by atoms with E-state index < -0.39 is 11.7 Å². The molecule has 0 spiro atoms. The molecule has 1 aromatic rings. The van der Waals surface area contributed by atoms with Crippen LogP contribution < -0.4 is 4.90 Å². The maximum absolute atomic E-state index is 12.9. The maximum Gasteiger partial charge on any atom is 0.418 e. The van der Waals surface area contributed by atoms with Gasteiger partial charge in [-0.3, -0.25) is 0 Å². The molecule has 0 amide bonds. The first kappa shape index (κ1) is 13.2. The lowest BCUT2D eigenvalue weighted by Crippen LogP contribution is -2.36. The summed E-state index contributed by atoms with van der Waals surface area (Å²) in [7, 11) is 0. The Balaban J connectivity index is 2.39. The van der Waals surface area contributed by atoms with E-state index in [-0.39, 0.29) is 24.3 Å². The molecule has 2 rings (SSSR count). The van der Waals surface area contributed by atoms with Crippen LogP contribution in [0.4, 0.5) is 18.9 Å². The Morgan fingerprint density at radius 1 is 1.33 bits per heavy atom. The third-order valence-corrected chi connectivity index (χ3v) is 3.59. The molecule has 0 aromatic heterocycles. The van der Waals surface area contributed by atoms with Gasteiger partial charge in [0, 0.05) is 12.2 Å². The first-order valence-corrected chi connectivity index (χ1v) is 5.99. The maximum atomic E-state index is 12.9. The van der Waals surface area contributed by atoms with Crippen molar-refractivity contribution in [3.8, 4) is 0 Å². The summed E-state index contributed by atoms with van der Waals surface area (Å²) in [5.41, 5.74) is -0.453. The van der Waals surface area contributed by atoms with Gasteiger partial charge in [-0.05, 0) is 24.5 Å². The summed E-state index contributed by atoms with van der Waals surface area (Å²) in [5, 5.41) is 9.34. The van der Waals surface area contributed by atoms with Crippen molar-refractivity contribution in [2.45, 2.75) is 25.6 Å². The van der Waals surface area contributed by atoms with Gasteiger partial charge in [-0.1, -0.05) is 19.1 Å². The fourth-order valence-corrected chi connectivity index (χ4v) is 2.55. The van der Waals surface area contributed by atoms with Crippen LogP contribution in [0.1, 0.15) is 18.9 Å². The van der Waals surface area contributed by atoms with Crippen molar-refractivity contribution in [2.24, 2.45) is 5.92 Å². The van der Waals surface area contributed by atoms with E-state index in [0.717, 1.165) is 12.5 Å². The number of alkyl halides is 3. The highest BCUT2D eigenvalue weighted by Crippen LogP contribution is 2.39. The number of hydrogen-bond donors (Lipinski definition) is 1. The molecule has 1 heterocycles. The van der Waals surface area contributed by atoms with E-state index >= 15 is 0 Å². The zero-order valence-corrected chi connectivity index (χ0v) is 10.1. The average molecular weight is 259 g/mol. The molecule has 5 heteroatoms. The number of aliphatic hydroxyl groups is 1. The second-order valence-corrected chi connectivity index (χ2v) is 4.72. The summed E-state index contributed by atoms with van der Waals surface area (Å²) in [6, 6.07) is 5.33. The molecule has 18 heavy (non-hydrogen) atoms. The van der Waals surface area contributed by atoms with Gasteiger partial charge in [-0.2, -0.15) is 13.2 Å². The van der Waals surface area contributed by atoms with E-state index in [9.17, 15) is 18.3 Å². The minimum absolute atomic E-state index is 0.118. The lowest BCUT2D eigenvalue weighted by Gasteiger charge is -2.29. The first-order valence-electron chi connectivity index (χ1n) is 5.99. The lowest BCUT2D eigenvalue weighted by molar-refractivity contribution is -0.137. The number of aliphatic hydroxyl groups excluding tert-OH is 1. The highest BCUT2D eigenvalue weighted by molar-refractivity contribution is 5.56. The summed E-state index contributed by atoms with van der Waals surface area (Å²) in [6.45, 7) is 2.39. The van der Waals surface area contributed by atoms with Gasteiger partial charge in [0.15, 0.2) is 0 Å². The number of hydrogen-bond acceptors (Lipinski definition) is 2. The van der Waals surface area contributed by atoms with Gasteiger partial charge >= 0.3 is 6.18 Å². The molecule has 0 radical (unpaired) electrons. The van der Waals surface area contributed by atoms with E-state index in [2.05, 4.69) is 0 Å². The Bertz CT molecular complexity index is 419. The van der Waals surface area contributed by atoms with Crippen LogP contribution in [0.5, 0.6) is 0 Å². The van der Waals surface area contributed by atoms with E-state index in [1.807, 2.05) is 6.92 Å². The zero-order valence-electron chi connectivity index (χ0n) is 10.1. The molecule has 2 unspecified atom stereocenters. The Hall–Kier alpha value is -1.23. The van der Waals surface area contributed by atoms with Crippen molar-refractivity contribution in [3.63, 3.8) is 0 Å². The predicted octanol–water partition coefficient (Wildman–Crippen LogP) is 2.91. The summed E-state index contributed by atoms with van der Waals surface area (Å²) < 4.78 is 38.8. The van der Waals surface area contributed by atoms with E-state index in [0.29, 0.717) is 6.54 Å². The second-order valence-electron chi connectivity index (χ2n) is 4.72. The fourth-order valence-electron chi connectivity index (χ4n) is 2.55. The number of nitrogens with zero attached hydrogens (tertiary/aromatic N) is 1. The third-order valence-electron chi connectivity index (χ3n) is 3.59. The number of halogens is 3. The Labute approximate surface area is 104 Å². The highest BCUT2D eigenvalue weighted by atomic mass is 19.4. The van der Waals surface area contributed by atoms with E-state index in [1.165, 1.54) is 12.1 Å². The Morgan fingerprint density at radius 3 is 2.61 bits per heavy atom. The molecule has 1 N–H and O–H groups in total. The van der Waals surface area contributed by atoms with Crippen molar-refractivity contribution in [2.75, 3.05) is 18.1 Å². The number of benzene rings is 1. The van der Waals surface area contributed by atoms with Crippen LogP contribution in [0.25, 0.3) is 0 Å². The van der Waals surface area contributed by atoms with E-state index in [4.69, 9.17) is 0 Å². The van der Waals surface area contributed by atoms with Crippen molar-refractivity contribution in [1.29, 1.82) is 0 Å². The molecule has 1 saturated heterocycles. The molecule has 2 nitrogen and oxygen atoms in total. The number of anilines is 1. The van der Waals surface area contributed by atoms with Crippen molar-refractivity contribution in [1.82, 2.24) is 0 Å². The molecule has 1 aromatic carbocycles. The van der Waals surface area contributed by atoms with Gasteiger partial charge in [-0.15, -0.1) is 0 Å². The van der Waals surface area contributed by atoms with Crippen molar-refractivity contribution in [3.05, 3.63) is 29.8 Å². The summed E-state index contributed by atoms with van der Waals surface area (Å²) in [4.78, 5) is 1.67. The Kier molecular flexibility index (Phi) is 3.52. The van der Waals surface area contributed by atoms with Crippen LogP contribution in [0, 0.1) is 5.92 Å². The van der Waals surface area contributed by atoms with Crippen LogP contribution in [0.3, 0.4) is 0 Å². The van der Waals surface area contributed by atoms with Crippen molar-refractivity contribution < 1.29 is 18.3 Å². The van der Waals surface area contributed by atoms with Crippen LogP contribution >= 0.6 is 0 Å². The molecular weight excluding hydrogens is 243 g/mol. The summed E-state index contributed by atoms with van der Waals surface area (Å²) in [5.74, 6) is 0.205. The van der Waals surface area contributed by atoms with Gasteiger partial charge in [0.2, 0.25) is 0 Å². The summed E-state index contributed by atoms with van der Waals surface area (Å²) in [6.07, 6.45) is -3.56. The SMILES string of the molecule is CC1CCN(c2ccccc2C(F)(F)F)C1CO. The number of rotatable bonds is 2. The summed E-state index contributed by atoms with van der Waals surface area (Å²) >= 11 is 0. The van der Waals surface area contributed by atoms with Gasteiger partial charge < -0.3 is 10.0 Å². The molecule has 1 fully saturated rings. The highest BCUT2D eigenvalue weighted by Gasteiger charge is 2.38. The normalized spacial score (nSPS) is 24.6. The second kappa shape index (κ2) is 4.80. The standard InChI is InChI=1S/C13H16F3NO/c1-9-6-7-17(12(9)8-18)11-5-3-2-4-10(11)13(14,15)16/h2-5,9,12,18H,6-8H2,1H3. The van der Waals surface area contributed by atoms with Gasteiger partial charge in [0.25, 0.3) is 0 Å². The fraction of sp³-hybridized carbons (Fsp3) is 0.538. The third kappa shape index (κ3) is 2.32. The monoisotopic (exact) mass is 259 g/mol. The van der Waals surface area contributed by atoms with Crippen LogP contribution in [0.2, 0.25) is 0 Å². The molecule has 0 bridgehead atoms. The first-order chi connectivity index (χ1) is 8.45. The van der Waals surface area contributed by atoms with Crippen LogP contribution in [0.15, 0.2) is 24.3 Å². The van der Waals surface area contributed by atoms with E-state index in [1.54, 1.807) is 11.0 Å². The largest absolute Gasteiger partial charge is 0.418 e. The quantitative estimate of drug-likeness (QED) is 0.882. The zero-order chi connectivity index (χ0) is 13.3. The molecule has 2 atom stereocenters. The molecule has 0 saturated carbocycles. The molecule has 100 valence electrons. The number of para-hydroxylation sites is 1. The molecule has 1 aliphatic rings. The lowest BCUT2D eigenvalue weighted by atomic mass is 10.0. The van der Waals surface area contributed by atoms with Gasteiger partial charge in [0.1, 0.15) is 0 Å². The minimum Gasteiger partial charge on any atom is -0.394 e. The van der Waals surface area contributed by atoms with Gasteiger partial charge in [-0.25, -0.2) is 0 Å². The molecule has 1 aliphatic heterocycles. The minimum atomic E-state index is -4.36.